The smallest absolute Gasteiger partial charge is 0.258 e. The fraction of sp³-hybridized carbons (Fsp3) is 0.400. The molecule has 4 N–H and O–H groups in total. The zero-order chi connectivity index (χ0) is 32.3. The maximum Gasteiger partial charge on any atom is 0.258 e. The van der Waals surface area contributed by atoms with Gasteiger partial charge in [-0.1, -0.05) is 72.8 Å². The number of carbonyl (C=O) groups excluding carboxylic acids is 3. The first kappa shape index (κ1) is 32.5. The van der Waals surface area contributed by atoms with Gasteiger partial charge in [0.1, 0.15) is 11.8 Å². The molecular weight excluding hydrogens is 590 g/mol. The number of carbonyl (C=O) groups is 3. The molecule has 238 valence electrons. The Balaban J connectivity index is 1.33. The predicted molar refractivity (Wildman–Crippen MR) is 174 cm³/mol. The molecule has 3 aromatic carbocycles. The van der Waals surface area contributed by atoms with E-state index in [-0.39, 0.29) is 18.9 Å². The second kappa shape index (κ2) is 13.6. The highest BCUT2D eigenvalue weighted by molar-refractivity contribution is 8.00. The molecule has 5 atom stereocenters. The number of para-hydroxylation sites is 1. The zero-order valence-corrected chi connectivity index (χ0v) is 26.8. The van der Waals surface area contributed by atoms with Crippen LogP contribution in [0.4, 0.5) is 0 Å². The van der Waals surface area contributed by atoms with Crippen LogP contribution >= 0.6 is 11.8 Å². The molecule has 3 amide bonds. The first-order valence-electron chi connectivity index (χ1n) is 15.2. The van der Waals surface area contributed by atoms with Crippen LogP contribution < -0.4 is 15.4 Å². The summed E-state index contributed by atoms with van der Waals surface area (Å²) in [5.74, 6) is -0.741. The summed E-state index contributed by atoms with van der Waals surface area (Å²) in [7, 11) is 0. The van der Waals surface area contributed by atoms with Gasteiger partial charge in [-0.15, -0.1) is 11.8 Å². The van der Waals surface area contributed by atoms with Gasteiger partial charge in [0.2, 0.25) is 5.91 Å². The Labute approximate surface area is 268 Å². The van der Waals surface area contributed by atoms with Crippen molar-refractivity contribution >= 4 is 29.5 Å². The number of hydrogen-bond donors (Lipinski definition) is 4. The largest absolute Gasteiger partial charge is 0.483 e. The number of aryl methyl sites for hydroxylation is 2. The molecule has 0 aromatic heterocycles. The number of aliphatic hydroxyl groups is 2. The number of thioether (sulfide) groups is 1. The topological polar surface area (TPSA) is 128 Å². The van der Waals surface area contributed by atoms with Gasteiger partial charge >= 0.3 is 0 Å². The van der Waals surface area contributed by atoms with Crippen LogP contribution in [0.2, 0.25) is 0 Å². The van der Waals surface area contributed by atoms with Crippen molar-refractivity contribution in [2.24, 2.45) is 0 Å². The molecule has 5 rings (SSSR count). The number of amides is 3. The van der Waals surface area contributed by atoms with Crippen molar-refractivity contribution in [3.05, 3.63) is 101 Å². The Hall–Kier alpha value is -3.86. The summed E-state index contributed by atoms with van der Waals surface area (Å²) in [6.45, 7) is 7.27. The summed E-state index contributed by atoms with van der Waals surface area (Å²) in [4.78, 5) is 42.3. The van der Waals surface area contributed by atoms with Gasteiger partial charge < -0.3 is 30.5 Å². The fourth-order valence-corrected chi connectivity index (χ4v) is 7.40. The summed E-state index contributed by atoms with van der Waals surface area (Å²) in [5, 5.41) is 28.1. The van der Waals surface area contributed by atoms with E-state index < -0.39 is 52.8 Å². The standard InChI is InChI=1S/C35H41N3O6S/c1-21-11-10-12-22(2)31(21)44-19-28(40)36-26(17-23-13-6-5-7-14-23)30(41)34(43)38-20-45-35(3,4)32(38)33(42)37-29-25-16-9-8-15-24(25)18-27(29)39/h5-16,26-27,29-30,32,39,41H,17-20H2,1-4H3,(H,36,40)(H,37,42)/t26-,27+,29-,30-,32-/m0/s1. The van der Waals surface area contributed by atoms with Crippen molar-refractivity contribution in [3.63, 3.8) is 0 Å². The first-order chi connectivity index (χ1) is 21.5. The highest BCUT2D eigenvalue weighted by atomic mass is 32.2. The normalized spacial score (nSPS) is 21.5. The molecule has 9 nitrogen and oxygen atoms in total. The second-order valence-electron chi connectivity index (χ2n) is 12.4. The van der Waals surface area contributed by atoms with Gasteiger partial charge in [0, 0.05) is 11.2 Å². The minimum absolute atomic E-state index is 0.187. The van der Waals surface area contributed by atoms with E-state index in [4.69, 9.17) is 4.74 Å². The van der Waals surface area contributed by atoms with Crippen molar-refractivity contribution in [1.82, 2.24) is 15.5 Å². The SMILES string of the molecule is Cc1cccc(C)c1OCC(=O)N[C@@H](Cc1ccccc1)[C@H](O)C(=O)N1CSC(C)(C)[C@@H]1C(=O)N[C@H]1c2ccccc2C[C@H]1O. The van der Waals surface area contributed by atoms with Crippen molar-refractivity contribution < 1.29 is 29.3 Å². The van der Waals surface area contributed by atoms with Crippen molar-refractivity contribution in [2.45, 2.75) is 75.6 Å². The third-order valence-electron chi connectivity index (χ3n) is 8.61. The molecule has 0 bridgehead atoms. The number of nitrogens with one attached hydrogen (secondary N) is 2. The molecule has 1 fully saturated rings. The lowest BCUT2D eigenvalue weighted by Gasteiger charge is -2.34. The van der Waals surface area contributed by atoms with Gasteiger partial charge in [-0.25, -0.2) is 0 Å². The third kappa shape index (κ3) is 7.19. The average molecular weight is 632 g/mol. The summed E-state index contributed by atoms with van der Waals surface area (Å²) in [6.07, 6.45) is -1.79. The van der Waals surface area contributed by atoms with E-state index in [1.54, 1.807) is 0 Å². The van der Waals surface area contributed by atoms with E-state index in [9.17, 15) is 24.6 Å². The van der Waals surface area contributed by atoms with Crippen LogP contribution in [-0.2, 0) is 27.2 Å². The zero-order valence-electron chi connectivity index (χ0n) is 26.0. The number of rotatable bonds is 10. The number of hydrogen-bond acceptors (Lipinski definition) is 7. The Morgan fingerprint density at radius 2 is 1.67 bits per heavy atom. The van der Waals surface area contributed by atoms with E-state index in [2.05, 4.69) is 10.6 Å². The van der Waals surface area contributed by atoms with Gasteiger partial charge in [-0.3, -0.25) is 14.4 Å². The Morgan fingerprint density at radius 3 is 2.38 bits per heavy atom. The number of nitrogens with zero attached hydrogens (tertiary/aromatic N) is 1. The lowest BCUT2D eigenvalue weighted by Crippen LogP contribution is -2.59. The molecule has 0 unspecified atom stereocenters. The summed E-state index contributed by atoms with van der Waals surface area (Å²) < 4.78 is 5.16. The average Bonchev–Trinajstić information content (AvgIpc) is 3.50. The van der Waals surface area contributed by atoms with Gasteiger partial charge in [0.05, 0.1) is 24.1 Å². The van der Waals surface area contributed by atoms with Crippen LogP contribution in [0.5, 0.6) is 5.75 Å². The lowest BCUT2D eigenvalue weighted by molar-refractivity contribution is -0.148. The highest BCUT2D eigenvalue weighted by Crippen LogP contribution is 2.41. The van der Waals surface area contributed by atoms with Crippen LogP contribution in [0.3, 0.4) is 0 Å². The Bertz CT molecular complexity index is 1530. The quantitative estimate of drug-likeness (QED) is 0.271. The first-order valence-corrected chi connectivity index (χ1v) is 16.2. The highest BCUT2D eigenvalue weighted by Gasteiger charge is 2.50. The maximum atomic E-state index is 14.0. The summed E-state index contributed by atoms with van der Waals surface area (Å²) in [5.41, 5.74) is 4.44. The van der Waals surface area contributed by atoms with E-state index >= 15 is 0 Å². The van der Waals surface area contributed by atoms with E-state index in [1.165, 1.54) is 16.7 Å². The Morgan fingerprint density at radius 1 is 1.00 bits per heavy atom. The molecule has 0 saturated carbocycles. The number of ether oxygens (including phenoxy) is 1. The predicted octanol–water partition coefficient (Wildman–Crippen LogP) is 3.23. The van der Waals surface area contributed by atoms with Crippen LogP contribution in [0, 0.1) is 13.8 Å². The monoisotopic (exact) mass is 631 g/mol. The van der Waals surface area contributed by atoms with Crippen LogP contribution in [0.25, 0.3) is 0 Å². The second-order valence-corrected chi connectivity index (χ2v) is 14.0. The molecule has 10 heteroatoms. The molecule has 1 saturated heterocycles. The van der Waals surface area contributed by atoms with Crippen LogP contribution in [0.15, 0.2) is 72.8 Å². The van der Waals surface area contributed by atoms with Crippen molar-refractivity contribution in [3.8, 4) is 5.75 Å². The molecule has 0 spiro atoms. The molecule has 1 heterocycles. The number of benzene rings is 3. The summed E-state index contributed by atoms with van der Waals surface area (Å²) in [6, 6.07) is 20.1. The fourth-order valence-electron chi connectivity index (χ4n) is 6.26. The molecular formula is C35H41N3O6S. The molecule has 1 aliphatic heterocycles. The van der Waals surface area contributed by atoms with E-state index in [0.29, 0.717) is 12.2 Å². The molecule has 0 radical (unpaired) electrons. The minimum atomic E-state index is -1.63. The Kier molecular flexibility index (Phi) is 9.86. The molecule has 1 aliphatic carbocycles. The van der Waals surface area contributed by atoms with Crippen molar-refractivity contribution in [2.75, 3.05) is 12.5 Å². The molecule has 3 aromatic rings. The van der Waals surface area contributed by atoms with Gasteiger partial charge in [0.15, 0.2) is 12.7 Å². The van der Waals surface area contributed by atoms with Gasteiger partial charge in [-0.2, -0.15) is 0 Å². The van der Waals surface area contributed by atoms with Gasteiger partial charge in [0.25, 0.3) is 11.8 Å². The van der Waals surface area contributed by atoms with Gasteiger partial charge in [-0.05, 0) is 61.9 Å². The van der Waals surface area contributed by atoms with Crippen molar-refractivity contribution in [1.29, 1.82) is 0 Å². The number of aliphatic hydroxyl groups excluding tert-OH is 2. The van der Waals surface area contributed by atoms with E-state index in [0.717, 1.165) is 27.8 Å². The molecule has 45 heavy (non-hydrogen) atoms. The lowest BCUT2D eigenvalue weighted by atomic mass is 9.96. The third-order valence-corrected chi connectivity index (χ3v) is 9.99. The van der Waals surface area contributed by atoms with Crippen LogP contribution in [-0.4, -0.2) is 74.4 Å². The van der Waals surface area contributed by atoms with E-state index in [1.807, 2.05) is 100 Å². The number of fused-ring (bicyclic) bond motifs is 1. The maximum absolute atomic E-state index is 14.0. The minimum Gasteiger partial charge on any atom is -0.483 e. The molecule has 2 aliphatic rings. The van der Waals surface area contributed by atoms with Crippen LogP contribution in [0.1, 0.15) is 47.7 Å². The summed E-state index contributed by atoms with van der Waals surface area (Å²) >= 11 is 1.44.